The highest BCUT2D eigenvalue weighted by molar-refractivity contribution is 7.92. The van der Waals surface area contributed by atoms with E-state index in [9.17, 15) is 18.0 Å². The zero-order chi connectivity index (χ0) is 28.5. The van der Waals surface area contributed by atoms with Gasteiger partial charge in [-0.15, -0.1) is 0 Å². The second kappa shape index (κ2) is 10.7. The molecular formula is C26H35N7O5S. The van der Waals surface area contributed by atoms with Crippen LogP contribution in [0.25, 0.3) is 10.8 Å². The fourth-order valence-electron chi connectivity index (χ4n) is 4.26. The molecule has 12 nitrogen and oxygen atoms in total. The van der Waals surface area contributed by atoms with Crippen LogP contribution in [0.4, 0.5) is 27.8 Å². The summed E-state index contributed by atoms with van der Waals surface area (Å²) < 4.78 is 34.1. The third kappa shape index (κ3) is 6.96. The maximum absolute atomic E-state index is 12.6. The minimum Gasteiger partial charge on any atom is -0.444 e. The predicted octanol–water partition coefficient (Wildman–Crippen LogP) is 4.08. The highest BCUT2D eigenvalue weighted by Gasteiger charge is 2.24. The molecule has 0 atom stereocenters. The van der Waals surface area contributed by atoms with Crippen LogP contribution in [0, 0.1) is 0 Å². The molecule has 4 rings (SSSR count). The third-order valence-electron chi connectivity index (χ3n) is 6.08. The number of carbonyl (C=O) groups is 2. The number of carbonyl (C=O) groups excluding carboxylic acids is 2. The van der Waals surface area contributed by atoms with Crippen LogP contribution in [0.2, 0.25) is 0 Å². The number of amides is 2. The monoisotopic (exact) mass is 557 g/mol. The molecule has 3 heterocycles. The smallest absolute Gasteiger partial charge is 0.412 e. The van der Waals surface area contributed by atoms with E-state index in [4.69, 9.17) is 4.74 Å². The Labute approximate surface area is 228 Å². The molecule has 39 heavy (non-hydrogen) atoms. The summed E-state index contributed by atoms with van der Waals surface area (Å²) in [5, 5.41) is 11.6. The van der Waals surface area contributed by atoms with Crippen LogP contribution in [-0.2, 0) is 32.5 Å². The largest absolute Gasteiger partial charge is 0.444 e. The zero-order valence-corrected chi connectivity index (χ0v) is 23.8. The van der Waals surface area contributed by atoms with E-state index in [1.807, 2.05) is 24.8 Å². The van der Waals surface area contributed by atoms with Crippen LogP contribution in [0.3, 0.4) is 0 Å². The van der Waals surface area contributed by atoms with Gasteiger partial charge in [0.05, 0.1) is 17.1 Å². The lowest BCUT2D eigenvalue weighted by atomic mass is 10.1. The normalized spacial score (nSPS) is 14.2. The number of hydrogen-bond donors (Lipinski definition) is 3. The molecule has 2 amide bonds. The molecule has 0 spiro atoms. The Hall–Kier alpha value is -3.87. The first-order valence-corrected chi connectivity index (χ1v) is 14.5. The van der Waals surface area contributed by atoms with Crippen LogP contribution < -0.4 is 15.4 Å². The molecule has 0 radical (unpaired) electrons. The maximum atomic E-state index is 12.6. The Kier molecular flexibility index (Phi) is 7.73. The lowest BCUT2D eigenvalue weighted by molar-refractivity contribution is -0.133. The average molecular weight is 558 g/mol. The summed E-state index contributed by atoms with van der Waals surface area (Å²) in [5.74, 6) is 0.919. The number of sulfonamides is 1. The van der Waals surface area contributed by atoms with Crippen molar-refractivity contribution in [2.24, 2.45) is 0 Å². The van der Waals surface area contributed by atoms with Crippen LogP contribution in [0.5, 0.6) is 0 Å². The summed E-state index contributed by atoms with van der Waals surface area (Å²) >= 11 is 0. The third-order valence-corrected chi connectivity index (χ3v) is 7.39. The van der Waals surface area contributed by atoms with Gasteiger partial charge in [0, 0.05) is 42.4 Å². The van der Waals surface area contributed by atoms with Crippen molar-refractivity contribution in [3.05, 3.63) is 36.2 Å². The van der Waals surface area contributed by atoms with Crippen molar-refractivity contribution in [3.8, 4) is 0 Å². The van der Waals surface area contributed by atoms with Gasteiger partial charge in [-0.2, -0.15) is 5.10 Å². The van der Waals surface area contributed by atoms with Gasteiger partial charge in [-0.25, -0.2) is 18.2 Å². The molecule has 3 N–H and O–H groups in total. The van der Waals surface area contributed by atoms with Gasteiger partial charge in [-0.3, -0.25) is 19.5 Å². The quantitative estimate of drug-likeness (QED) is 0.394. The van der Waals surface area contributed by atoms with Gasteiger partial charge in [-0.05, 0) is 65.1 Å². The Morgan fingerprint density at radius 1 is 1.15 bits per heavy atom. The van der Waals surface area contributed by atoms with Crippen LogP contribution >= 0.6 is 0 Å². The Balaban J connectivity index is 1.64. The molecular weight excluding hydrogens is 522 g/mol. The second-order valence-electron chi connectivity index (χ2n) is 10.7. The summed E-state index contributed by atoms with van der Waals surface area (Å²) in [7, 11) is -3.56. The lowest BCUT2D eigenvalue weighted by Crippen LogP contribution is -2.38. The van der Waals surface area contributed by atoms with Crippen LogP contribution in [0.15, 0.2) is 30.5 Å². The number of nitrogens with zero attached hydrogens (tertiary/aromatic N) is 4. The summed E-state index contributed by atoms with van der Waals surface area (Å²) in [6, 6.07) is 6.94. The predicted molar refractivity (Wildman–Crippen MR) is 151 cm³/mol. The van der Waals surface area contributed by atoms with Gasteiger partial charge in [0.1, 0.15) is 18.0 Å². The molecule has 1 aromatic carbocycles. The van der Waals surface area contributed by atoms with Crippen molar-refractivity contribution >= 4 is 55.8 Å². The summed E-state index contributed by atoms with van der Waals surface area (Å²) in [5.41, 5.74) is 0.859. The number of nitrogens with one attached hydrogen (secondary N) is 3. The molecule has 2 aromatic heterocycles. The fourth-order valence-corrected chi connectivity index (χ4v) is 4.89. The van der Waals surface area contributed by atoms with Gasteiger partial charge in [0.2, 0.25) is 15.9 Å². The summed E-state index contributed by atoms with van der Waals surface area (Å²) in [6.07, 6.45) is 1.59. The number of ether oxygens (including phenoxy) is 1. The van der Waals surface area contributed by atoms with Crippen LogP contribution in [-0.4, -0.2) is 64.0 Å². The van der Waals surface area contributed by atoms with Gasteiger partial charge < -0.3 is 15.0 Å². The van der Waals surface area contributed by atoms with Crippen molar-refractivity contribution in [3.63, 3.8) is 0 Å². The molecule has 0 aliphatic carbocycles. The van der Waals surface area contributed by atoms with E-state index in [1.165, 1.54) is 13.0 Å². The molecule has 1 aliphatic heterocycles. The molecule has 0 bridgehead atoms. The Morgan fingerprint density at radius 2 is 1.90 bits per heavy atom. The molecule has 0 saturated carbocycles. The Morgan fingerprint density at radius 3 is 2.56 bits per heavy atom. The fraction of sp³-hybridized carbons (Fsp3) is 0.462. The van der Waals surface area contributed by atoms with E-state index in [0.29, 0.717) is 41.1 Å². The SMILES string of the molecule is CCS(=O)(=O)Nc1cc(NC(=O)OC(C)(C)C)c2cnc(Nc3cc4n(n3)CC(=O)N(C(C)C)CC4)cc2c1. The first-order chi connectivity index (χ1) is 18.2. The highest BCUT2D eigenvalue weighted by atomic mass is 32.2. The van der Waals surface area contributed by atoms with Gasteiger partial charge in [0.15, 0.2) is 5.82 Å². The standard InChI is InChI=1S/C26H35N7O5S/c1-7-39(36,37)31-18-10-17-11-22(27-14-20(17)21(12-18)28-25(35)38-26(4,5)6)29-23-13-19-8-9-32(16(2)3)24(34)15-33(19)30-23/h10-14,16,31H,7-9,15H2,1-6H3,(H,28,35)(H,27,29,30). The first kappa shape index (κ1) is 28.1. The van der Waals surface area contributed by atoms with Gasteiger partial charge in [-0.1, -0.05) is 0 Å². The molecule has 1 aliphatic rings. The van der Waals surface area contributed by atoms with Crippen molar-refractivity contribution in [2.75, 3.05) is 27.7 Å². The molecule has 0 saturated heterocycles. The Bertz CT molecular complexity index is 1510. The number of pyridine rings is 1. The first-order valence-electron chi connectivity index (χ1n) is 12.8. The number of benzene rings is 1. The van der Waals surface area contributed by atoms with Crippen molar-refractivity contribution in [2.45, 2.75) is 66.2 Å². The molecule has 3 aromatic rings. The summed E-state index contributed by atoms with van der Waals surface area (Å²) in [6.45, 7) is 11.6. The molecule has 0 fully saturated rings. The van der Waals surface area contributed by atoms with E-state index in [2.05, 4.69) is 25.4 Å². The number of aromatic nitrogens is 3. The number of fused-ring (bicyclic) bond motifs is 2. The zero-order valence-electron chi connectivity index (χ0n) is 23.0. The molecule has 13 heteroatoms. The van der Waals surface area contributed by atoms with Gasteiger partial charge in [0.25, 0.3) is 0 Å². The maximum Gasteiger partial charge on any atom is 0.412 e. The number of hydrogen-bond acceptors (Lipinski definition) is 8. The van der Waals surface area contributed by atoms with Crippen molar-refractivity contribution in [1.82, 2.24) is 19.7 Å². The number of rotatable bonds is 7. The van der Waals surface area contributed by atoms with E-state index in [-0.39, 0.29) is 29.9 Å². The lowest BCUT2D eigenvalue weighted by Gasteiger charge is -2.24. The van der Waals surface area contributed by atoms with E-state index >= 15 is 0 Å². The van der Waals surface area contributed by atoms with E-state index in [0.717, 1.165) is 5.69 Å². The summed E-state index contributed by atoms with van der Waals surface area (Å²) in [4.78, 5) is 31.4. The molecule has 0 unspecified atom stereocenters. The highest BCUT2D eigenvalue weighted by Crippen LogP contribution is 2.31. The molecule has 210 valence electrons. The average Bonchev–Trinajstić information content (AvgIpc) is 3.10. The van der Waals surface area contributed by atoms with Crippen molar-refractivity contribution in [1.29, 1.82) is 0 Å². The second-order valence-corrected chi connectivity index (χ2v) is 12.7. The number of anilines is 4. The van der Waals surface area contributed by atoms with Gasteiger partial charge >= 0.3 is 6.09 Å². The van der Waals surface area contributed by atoms with Crippen molar-refractivity contribution < 1.29 is 22.7 Å². The van der Waals surface area contributed by atoms with E-state index < -0.39 is 21.7 Å². The van der Waals surface area contributed by atoms with Crippen LogP contribution in [0.1, 0.15) is 47.2 Å². The topological polar surface area (TPSA) is 148 Å². The van der Waals surface area contributed by atoms with E-state index in [1.54, 1.807) is 43.8 Å². The minimum atomic E-state index is -3.56. The minimum absolute atomic E-state index is 0.0225.